The van der Waals surface area contributed by atoms with E-state index < -0.39 is 0 Å². The van der Waals surface area contributed by atoms with Crippen molar-refractivity contribution in [1.82, 2.24) is 10.6 Å². The predicted molar refractivity (Wildman–Crippen MR) is 90.7 cm³/mol. The molecule has 1 saturated heterocycles. The SMILES string of the molecule is O=C1NCC[C@@H]1NCc1ccc(SCc2ccccc2)cc1. The van der Waals surface area contributed by atoms with Crippen LogP contribution in [0.1, 0.15) is 17.5 Å². The number of amides is 1. The third-order valence-electron chi connectivity index (χ3n) is 3.77. The minimum atomic E-state index is -0.0351. The van der Waals surface area contributed by atoms with Gasteiger partial charge in [-0.05, 0) is 29.7 Å². The molecule has 0 aliphatic carbocycles. The van der Waals surface area contributed by atoms with Crippen molar-refractivity contribution in [3.63, 3.8) is 0 Å². The van der Waals surface area contributed by atoms with Gasteiger partial charge in [-0.25, -0.2) is 0 Å². The summed E-state index contributed by atoms with van der Waals surface area (Å²) >= 11 is 1.84. The zero-order valence-electron chi connectivity index (χ0n) is 12.4. The fourth-order valence-electron chi connectivity index (χ4n) is 2.47. The third-order valence-corrected chi connectivity index (χ3v) is 4.86. The Bertz CT molecular complexity index is 613. The van der Waals surface area contributed by atoms with Crippen molar-refractivity contribution in [2.24, 2.45) is 0 Å². The lowest BCUT2D eigenvalue weighted by atomic mass is 10.2. The van der Waals surface area contributed by atoms with Crippen molar-refractivity contribution in [2.75, 3.05) is 6.54 Å². The Morgan fingerprint density at radius 1 is 1.05 bits per heavy atom. The Hall–Kier alpha value is -1.78. The van der Waals surface area contributed by atoms with Crippen molar-refractivity contribution in [3.8, 4) is 0 Å². The Kier molecular flexibility index (Phi) is 5.14. The van der Waals surface area contributed by atoms with Gasteiger partial charge in [0.25, 0.3) is 0 Å². The molecular weight excluding hydrogens is 292 g/mol. The van der Waals surface area contributed by atoms with Gasteiger partial charge in [-0.15, -0.1) is 11.8 Å². The first-order chi connectivity index (χ1) is 10.8. The molecule has 0 unspecified atom stereocenters. The van der Waals surface area contributed by atoms with E-state index in [2.05, 4.69) is 59.2 Å². The number of rotatable bonds is 6. The summed E-state index contributed by atoms with van der Waals surface area (Å²) in [6.45, 7) is 1.52. The highest BCUT2D eigenvalue weighted by molar-refractivity contribution is 7.98. The highest BCUT2D eigenvalue weighted by atomic mass is 32.2. The van der Waals surface area contributed by atoms with Crippen molar-refractivity contribution in [2.45, 2.75) is 29.7 Å². The van der Waals surface area contributed by atoms with Crippen LogP contribution in [0.25, 0.3) is 0 Å². The van der Waals surface area contributed by atoms with Crippen LogP contribution in [0.15, 0.2) is 59.5 Å². The summed E-state index contributed by atoms with van der Waals surface area (Å²) < 4.78 is 0. The summed E-state index contributed by atoms with van der Waals surface area (Å²) in [4.78, 5) is 12.8. The first kappa shape index (κ1) is 15.1. The highest BCUT2D eigenvalue weighted by Gasteiger charge is 2.22. The maximum absolute atomic E-state index is 11.5. The molecule has 1 aliphatic rings. The van der Waals surface area contributed by atoms with Crippen molar-refractivity contribution in [1.29, 1.82) is 0 Å². The summed E-state index contributed by atoms with van der Waals surface area (Å²) in [6.07, 6.45) is 0.879. The van der Waals surface area contributed by atoms with E-state index in [4.69, 9.17) is 0 Å². The molecule has 1 amide bonds. The number of hydrogen-bond donors (Lipinski definition) is 2. The molecule has 0 aromatic heterocycles. The van der Waals surface area contributed by atoms with E-state index in [0.717, 1.165) is 25.3 Å². The second-order valence-corrected chi connectivity index (χ2v) is 6.48. The summed E-state index contributed by atoms with van der Waals surface area (Å²) in [5, 5.41) is 6.15. The van der Waals surface area contributed by atoms with Gasteiger partial charge in [-0.1, -0.05) is 42.5 Å². The van der Waals surface area contributed by atoms with Crippen LogP contribution in [-0.2, 0) is 17.1 Å². The van der Waals surface area contributed by atoms with E-state index in [-0.39, 0.29) is 11.9 Å². The zero-order valence-corrected chi connectivity index (χ0v) is 13.2. The minimum absolute atomic E-state index is 0.0351. The second-order valence-electron chi connectivity index (χ2n) is 5.43. The van der Waals surface area contributed by atoms with E-state index in [9.17, 15) is 4.79 Å². The molecule has 114 valence electrons. The smallest absolute Gasteiger partial charge is 0.237 e. The lowest BCUT2D eigenvalue weighted by Gasteiger charge is -2.10. The first-order valence-electron chi connectivity index (χ1n) is 7.58. The molecule has 0 radical (unpaired) electrons. The maximum Gasteiger partial charge on any atom is 0.237 e. The second kappa shape index (κ2) is 7.47. The lowest BCUT2D eigenvalue weighted by Crippen LogP contribution is -2.35. The standard InChI is InChI=1S/C18H20N2OS/c21-18-17(10-11-19-18)20-12-14-6-8-16(9-7-14)22-13-15-4-2-1-3-5-15/h1-9,17,20H,10-13H2,(H,19,21)/t17-/m0/s1. The fourth-order valence-corrected chi connectivity index (χ4v) is 3.33. The number of carbonyl (C=O) groups excluding carboxylic acids is 1. The number of carbonyl (C=O) groups is 1. The topological polar surface area (TPSA) is 41.1 Å². The van der Waals surface area contributed by atoms with Crippen LogP contribution in [0, 0.1) is 0 Å². The minimum Gasteiger partial charge on any atom is -0.355 e. The van der Waals surface area contributed by atoms with Gasteiger partial charge in [0.15, 0.2) is 0 Å². The van der Waals surface area contributed by atoms with Gasteiger partial charge >= 0.3 is 0 Å². The van der Waals surface area contributed by atoms with E-state index in [1.807, 2.05) is 17.8 Å². The quantitative estimate of drug-likeness (QED) is 0.806. The van der Waals surface area contributed by atoms with Crippen LogP contribution >= 0.6 is 11.8 Å². The molecule has 3 nitrogen and oxygen atoms in total. The fraction of sp³-hybridized carbons (Fsp3) is 0.278. The zero-order chi connectivity index (χ0) is 15.2. The van der Waals surface area contributed by atoms with Crippen molar-refractivity contribution >= 4 is 17.7 Å². The summed E-state index contributed by atoms with van der Waals surface area (Å²) in [7, 11) is 0. The largest absolute Gasteiger partial charge is 0.355 e. The molecule has 1 heterocycles. The molecule has 0 bridgehead atoms. The summed E-state index contributed by atoms with van der Waals surface area (Å²) in [5.41, 5.74) is 2.55. The lowest BCUT2D eigenvalue weighted by molar-refractivity contribution is -0.120. The summed E-state index contributed by atoms with van der Waals surface area (Å²) in [5.74, 6) is 1.11. The number of nitrogens with one attached hydrogen (secondary N) is 2. The highest BCUT2D eigenvalue weighted by Crippen LogP contribution is 2.23. The van der Waals surface area contributed by atoms with Crippen LogP contribution in [0.4, 0.5) is 0 Å². The van der Waals surface area contributed by atoms with Gasteiger partial charge in [0, 0.05) is 23.7 Å². The molecule has 22 heavy (non-hydrogen) atoms. The van der Waals surface area contributed by atoms with Crippen LogP contribution in [-0.4, -0.2) is 18.5 Å². The molecule has 4 heteroatoms. The maximum atomic E-state index is 11.5. The molecule has 2 aromatic carbocycles. The van der Waals surface area contributed by atoms with E-state index in [0.29, 0.717) is 0 Å². The number of hydrogen-bond acceptors (Lipinski definition) is 3. The molecule has 1 fully saturated rings. The van der Waals surface area contributed by atoms with Gasteiger partial charge in [-0.2, -0.15) is 0 Å². The van der Waals surface area contributed by atoms with Crippen LogP contribution in [0.5, 0.6) is 0 Å². The number of benzene rings is 2. The third kappa shape index (κ3) is 4.12. The van der Waals surface area contributed by atoms with E-state index >= 15 is 0 Å². The van der Waals surface area contributed by atoms with E-state index in [1.54, 1.807) is 0 Å². The molecule has 3 rings (SSSR count). The molecule has 2 N–H and O–H groups in total. The first-order valence-corrected chi connectivity index (χ1v) is 8.56. The van der Waals surface area contributed by atoms with Crippen molar-refractivity contribution in [3.05, 3.63) is 65.7 Å². The number of thioether (sulfide) groups is 1. The molecule has 1 atom stereocenters. The van der Waals surface area contributed by atoms with Crippen molar-refractivity contribution < 1.29 is 4.79 Å². The molecular formula is C18H20N2OS. The van der Waals surface area contributed by atoms with Gasteiger partial charge in [-0.3, -0.25) is 4.79 Å². The van der Waals surface area contributed by atoms with Gasteiger partial charge in [0.1, 0.15) is 0 Å². The molecule has 0 saturated carbocycles. The average molecular weight is 312 g/mol. The van der Waals surface area contributed by atoms with Crippen LogP contribution in [0.2, 0.25) is 0 Å². The monoisotopic (exact) mass is 312 g/mol. The molecule has 0 spiro atoms. The van der Waals surface area contributed by atoms with Gasteiger partial charge in [0.05, 0.1) is 6.04 Å². The Morgan fingerprint density at radius 2 is 1.82 bits per heavy atom. The average Bonchev–Trinajstić information content (AvgIpc) is 2.98. The molecule has 2 aromatic rings. The Morgan fingerprint density at radius 3 is 2.50 bits per heavy atom. The summed E-state index contributed by atoms with van der Waals surface area (Å²) in [6, 6.07) is 19.0. The van der Waals surface area contributed by atoms with Crippen LogP contribution in [0.3, 0.4) is 0 Å². The predicted octanol–water partition coefficient (Wildman–Crippen LogP) is 2.96. The van der Waals surface area contributed by atoms with Gasteiger partial charge < -0.3 is 10.6 Å². The van der Waals surface area contributed by atoms with Crippen LogP contribution < -0.4 is 10.6 Å². The normalized spacial score (nSPS) is 17.5. The Balaban J connectivity index is 1.48. The van der Waals surface area contributed by atoms with E-state index in [1.165, 1.54) is 16.0 Å². The Labute approximate surface area is 135 Å². The molecule has 1 aliphatic heterocycles. The van der Waals surface area contributed by atoms with Gasteiger partial charge in [0.2, 0.25) is 5.91 Å².